The van der Waals surface area contributed by atoms with Crippen molar-refractivity contribution in [2.45, 2.75) is 38.0 Å². The lowest BCUT2D eigenvalue weighted by molar-refractivity contribution is 0.290. The van der Waals surface area contributed by atoms with Crippen molar-refractivity contribution in [3.05, 3.63) is 0 Å². The number of hydrogen-bond acceptors (Lipinski definition) is 6. The molecule has 0 heterocycles. The van der Waals surface area contributed by atoms with Gasteiger partial charge in [-0.05, 0) is 26.2 Å². The average molecular weight is 351 g/mol. The summed E-state index contributed by atoms with van der Waals surface area (Å²) in [6.45, 7) is 6.97. The Morgan fingerprint density at radius 3 is 2.26 bits per heavy atom. The summed E-state index contributed by atoms with van der Waals surface area (Å²) in [6.07, 6.45) is 0. The fraction of sp³-hybridized carbons (Fsp3) is 1.00. The normalized spacial score (nSPS) is 16.4. The highest BCUT2D eigenvalue weighted by atomic mass is 32.2. The van der Waals surface area contributed by atoms with E-state index in [1.165, 1.54) is 11.8 Å². The van der Waals surface area contributed by atoms with Gasteiger partial charge in [0.15, 0.2) is 11.8 Å². The van der Waals surface area contributed by atoms with E-state index in [2.05, 4.69) is 17.9 Å². The van der Waals surface area contributed by atoms with E-state index >= 15 is 0 Å². The number of hydrogen-bond donors (Lipinski definition) is 3. The van der Waals surface area contributed by atoms with Crippen LogP contribution in [-0.4, -0.2) is 46.2 Å². The second-order valence-electron chi connectivity index (χ2n) is 5.06. The van der Waals surface area contributed by atoms with Crippen molar-refractivity contribution in [2.75, 3.05) is 17.8 Å². The number of thiol groups is 1. The summed E-state index contributed by atoms with van der Waals surface area (Å²) < 4.78 is 37.5. The van der Waals surface area contributed by atoms with Crippen LogP contribution in [0.3, 0.4) is 0 Å². The molecule has 116 valence electrons. The molecular weight excluding hydrogens is 326 g/mol. The highest BCUT2D eigenvalue weighted by Crippen LogP contribution is 2.15. The lowest BCUT2D eigenvalue weighted by atomic mass is 11.2. The van der Waals surface area contributed by atoms with Crippen molar-refractivity contribution < 1.29 is 17.6 Å². The molecule has 0 aromatic rings. The highest BCUT2D eigenvalue weighted by Gasteiger charge is 2.34. The first kappa shape index (κ1) is 19.8. The van der Waals surface area contributed by atoms with E-state index < -0.39 is 28.5 Å². The van der Waals surface area contributed by atoms with Crippen LogP contribution in [0.25, 0.3) is 0 Å². The van der Waals surface area contributed by atoms with Gasteiger partial charge in [-0.1, -0.05) is 0 Å². The van der Waals surface area contributed by atoms with Gasteiger partial charge in [-0.15, -0.1) is 11.8 Å². The van der Waals surface area contributed by atoms with Gasteiger partial charge in [0, 0.05) is 5.88 Å². The van der Waals surface area contributed by atoms with Gasteiger partial charge in [-0.3, -0.25) is 5.32 Å². The molecule has 0 saturated carbocycles. The lowest BCUT2D eigenvalue weighted by Gasteiger charge is -2.26. The Labute approximate surface area is 125 Å². The Hall–Kier alpha value is 0.834. The van der Waals surface area contributed by atoms with Crippen LogP contribution in [0, 0.1) is 0 Å². The minimum absolute atomic E-state index is 0.214. The molecule has 0 aliphatic heterocycles. The Kier molecular flexibility index (Phi) is 9.37. The van der Waals surface area contributed by atoms with Crippen molar-refractivity contribution in [1.29, 1.82) is 0 Å². The summed E-state index contributed by atoms with van der Waals surface area (Å²) in [7, 11) is -4.87. The van der Waals surface area contributed by atoms with Crippen LogP contribution in [0.1, 0.15) is 0 Å². The minimum atomic E-state index is -2.46. The minimum Gasteiger partial charge on any atom is -0.404 e. The summed E-state index contributed by atoms with van der Waals surface area (Å²) in [5.41, 5.74) is 5.19. The second kappa shape index (κ2) is 8.98. The van der Waals surface area contributed by atoms with Gasteiger partial charge in [-0.2, -0.15) is 12.6 Å². The van der Waals surface area contributed by atoms with Crippen LogP contribution in [0.5, 0.6) is 0 Å². The molecule has 10 heteroatoms. The second-order valence-corrected chi connectivity index (χ2v) is 14.3. The van der Waals surface area contributed by atoms with Crippen molar-refractivity contribution in [3.8, 4) is 0 Å². The van der Waals surface area contributed by atoms with Gasteiger partial charge >= 0.3 is 0 Å². The standard InChI is InChI=1S/C9H24F2N2O2S2Si2/c1-18(2,8(10)12)15-7-17-5-13-9(11)19(3,4)14-6-16/h8-9,13,16H,5-7,12H2,1-4H3. The van der Waals surface area contributed by atoms with Crippen LogP contribution >= 0.6 is 24.4 Å². The molecule has 0 fully saturated rings. The zero-order valence-corrected chi connectivity index (χ0v) is 15.5. The quantitative estimate of drug-likeness (QED) is 0.185. The maximum Gasteiger partial charge on any atom is 0.240 e. The molecule has 2 atom stereocenters. The summed E-state index contributed by atoms with van der Waals surface area (Å²) in [5.74, 6) is -1.71. The van der Waals surface area contributed by atoms with Gasteiger partial charge in [0.05, 0.1) is 11.9 Å². The molecule has 0 rings (SSSR count). The zero-order valence-electron chi connectivity index (χ0n) is 11.8. The summed E-state index contributed by atoms with van der Waals surface area (Å²) in [6, 6.07) is 0. The van der Waals surface area contributed by atoms with E-state index in [0.29, 0.717) is 11.8 Å². The average Bonchev–Trinajstić information content (AvgIpc) is 2.27. The smallest absolute Gasteiger partial charge is 0.240 e. The number of nitrogens with one attached hydrogen (secondary N) is 1. The highest BCUT2D eigenvalue weighted by molar-refractivity contribution is 7.99. The molecule has 0 aliphatic rings. The largest absolute Gasteiger partial charge is 0.404 e. The van der Waals surface area contributed by atoms with Crippen molar-refractivity contribution in [3.63, 3.8) is 0 Å². The van der Waals surface area contributed by atoms with E-state index in [1.54, 1.807) is 26.2 Å². The van der Waals surface area contributed by atoms with Crippen LogP contribution in [0.2, 0.25) is 26.2 Å². The first-order chi connectivity index (χ1) is 8.63. The molecule has 0 radical (unpaired) electrons. The van der Waals surface area contributed by atoms with E-state index in [1.807, 2.05) is 0 Å². The van der Waals surface area contributed by atoms with Crippen molar-refractivity contribution in [1.82, 2.24) is 5.32 Å². The maximum absolute atomic E-state index is 13.8. The third-order valence-corrected chi connectivity index (χ3v) is 8.36. The fourth-order valence-corrected chi connectivity index (χ4v) is 5.21. The molecule has 0 spiro atoms. The number of nitrogens with two attached hydrogens (primary N) is 1. The SMILES string of the molecule is C[Si](C)(OCSCNC(F)[Si](C)(C)OCS)C(N)F. The Morgan fingerprint density at radius 1 is 1.21 bits per heavy atom. The van der Waals surface area contributed by atoms with Gasteiger partial charge in [0.25, 0.3) is 0 Å². The molecule has 0 aliphatic carbocycles. The number of halogens is 2. The first-order valence-electron chi connectivity index (χ1n) is 5.87. The van der Waals surface area contributed by atoms with E-state index in [0.717, 1.165) is 0 Å². The van der Waals surface area contributed by atoms with Gasteiger partial charge in [0.1, 0.15) is 0 Å². The van der Waals surface area contributed by atoms with Crippen LogP contribution in [0.4, 0.5) is 8.78 Å². The molecule has 0 aromatic carbocycles. The molecule has 4 nitrogen and oxygen atoms in total. The van der Waals surface area contributed by atoms with Gasteiger partial charge in [0.2, 0.25) is 16.6 Å². The summed E-state index contributed by atoms with van der Waals surface area (Å²) in [4.78, 5) is 0. The topological polar surface area (TPSA) is 56.5 Å². The number of alkyl halides is 2. The molecule has 0 aromatic heterocycles. The van der Waals surface area contributed by atoms with Crippen LogP contribution < -0.4 is 11.1 Å². The Bertz CT molecular complexity index is 264. The van der Waals surface area contributed by atoms with Crippen LogP contribution in [0.15, 0.2) is 0 Å². The third kappa shape index (κ3) is 8.00. The number of thioether (sulfide) groups is 1. The Balaban J connectivity index is 3.81. The van der Waals surface area contributed by atoms with Crippen molar-refractivity contribution in [2.24, 2.45) is 5.73 Å². The molecule has 0 saturated heterocycles. The number of rotatable bonds is 10. The van der Waals surface area contributed by atoms with E-state index in [9.17, 15) is 8.78 Å². The summed E-state index contributed by atoms with van der Waals surface area (Å²) >= 11 is 5.28. The monoisotopic (exact) mass is 350 g/mol. The van der Waals surface area contributed by atoms with E-state index in [4.69, 9.17) is 14.6 Å². The Morgan fingerprint density at radius 2 is 1.79 bits per heavy atom. The molecular formula is C9H24F2N2O2S2Si2. The molecule has 0 amide bonds. The van der Waals surface area contributed by atoms with Gasteiger partial charge in [-0.25, -0.2) is 8.78 Å². The van der Waals surface area contributed by atoms with Crippen LogP contribution in [-0.2, 0) is 8.85 Å². The maximum atomic E-state index is 13.8. The zero-order chi connectivity index (χ0) is 15.1. The molecule has 3 N–H and O–H groups in total. The third-order valence-electron chi connectivity index (χ3n) is 2.59. The van der Waals surface area contributed by atoms with Crippen molar-refractivity contribution >= 4 is 41.0 Å². The molecule has 0 bridgehead atoms. The summed E-state index contributed by atoms with van der Waals surface area (Å²) in [5, 5.41) is 2.73. The fourth-order valence-electron chi connectivity index (χ4n) is 0.932. The van der Waals surface area contributed by atoms with Gasteiger partial charge < -0.3 is 14.6 Å². The predicted octanol–water partition coefficient (Wildman–Crippen LogP) is 2.18. The first-order valence-corrected chi connectivity index (χ1v) is 13.6. The predicted molar refractivity (Wildman–Crippen MR) is 85.4 cm³/mol. The molecule has 2 unspecified atom stereocenters. The molecule has 19 heavy (non-hydrogen) atoms. The van der Waals surface area contributed by atoms with E-state index in [-0.39, 0.29) is 5.94 Å². The lowest BCUT2D eigenvalue weighted by Crippen LogP contribution is -2.50.